The molecule has 2 saturated heterocycles. The van der Waals surface area contributed by atoms with Gasteiger partial charge in [-0.05, 0) is 25.8 Å². The van der Waals surface area contributed by atoms with E-state index < -0.39 is 10.0 Å². The van der Waals surface area contributed by atoms with Gasteiger partial charge in [-0.3, -0.25) is 5.32 Å². The van der Waals surface area contributed by atoms with Crippen molar-refractivity contribution in [2.75, 3.05) is 32.1 Å². The van der Waals surface area contributed by atoms with E-state index in [1.807, 2.05) is 25.1 Å². The Morgan fingerprint density at radius 1 is 1.39 bits per heavy atom. The van der Waals surface area contributed by atoms with E-state index in [2.05, 4.69) is 15.6 Å². The third kappa shape index (κ3) is 4.20. The lowest BCUT2D eigenvalue weighted by Crippen LogP contribution is -2.51. The van der Waals surface area contributed by atoms with Crippen LogP contribution < -0.4 is 15.4 Å². The van der Waals surface area contributed by atoms with Crippen molar-refractivity contribution in [3.63, 3.8) is 0 Å². The Labute approximate surface area is 137 Å². The minimum absolute atomic E-state index is 0.0261. The van der Waals surface area contributed by atoms with Crippen LogP contribution in [0.25, 0.3) is 0 Å². The lowest BCUT2D eigenvalue weighted by molar-refractivity contribution is 0.129. The molecule has 0 spiro atoms. The largest absolute Gasteiger partial charge is 0.474 e. The Balaban J connectivity index is 1.53. The molecule has 0 bridgehead atoms. The molecule has 0 aromatic carbocycles. The Kier molecular flexibility index (Phi) is 4.86. The summed E-state index contributed by atoms with van der Waals surface area (Å²) >= 11 is 0. The van der Waals surface area contributed by atoms with E-state index in [1.165, 1.54) is 0 Å². The number of pyridine rings is 1. The SMILES string of the molecule is C[C@@]1(CS(=O)(=O)N2CCC(Oc3ccccn3)CC2)CNCN1. The predicted molar refractivity (Wildman–Crippen MR) is 87.7 cm³/mol. The first kappa shape index (κ1) is 16.6. The summed E-state index contributed by atoms with van der Waals surface area (Å²) in [6, 6.07) is 5.54. The predicted octanol–water partition coefficient (Wildman–Crippen LogP) is 0.164. The zero-order valence-electron chi connectivity index (χ0n) is 13.4. The summed E-state index contributed by atoms with van der Waals surface area (Å²) < 4.78 is 32.6. The molecule has 23 heavy (non-hydrogen) atoms. The van der Waals surface area contributed by atoms with Gasteiger partial charge in [0.1, 0.15) is 6.10 Å². The molecule has 2 aliphatic heterocycles. The molecule has 0 radical (unpaired) electrons. The van der Waals surface area contributed by atoms with Crippen molar-refractivity contribution in [1.82, 2.24) is 19.9 Å². The van der Waals surface area contributed by atoms with Crippen LogP contribution in [-0.4, -0.2) is 61.4 Å². The standard InChI is InChI=1S/C15H24N4O3S/c1-15(10-16-12-18-15)11-23(20,21)19-8-5-13(6-9-19)22-14-4-2-3-7-17-14/h2-4,7,13,16,18H,5-6,8-12H2,1H3/t15-/m0/s1. The first-order valence-electron chi connectivity index (χ1n) is 7.98. The fourth-order valence-corrected chi connectivity index (χ4v) is 5.05. The Morgan fingerprint density at radius 3 is 2.78 bits per heavy atom. The van der Waals surface area contributed by atoms with Crippen LogP contribution in [0.2, 0.25) is 0 Å². The summed E-state index contributed by atoms with van der Waals surface area (Å²) in [5.74, 6) is 0.723. The highest BCUT2D eigenvalue weighted by Crippen LogP contribution is 2.21. The second-order valence-corrected chi connectivity index (χ2v) is 8.45. The van der Waals surface area contributed by atoms with E-state index in [0.29, 0.717) is 45.0 Å². The molecule has 2 N–H and O–H groups in total. The molecular weight excluding hydrogens is 316 g/mol. The van der Waals surface area contributed by atoms with Crippen LogP contribution in [0.4, 0.5) is 0 Å². The third-order valence-electron chi connectivity index (χ3n) is 4.38. The first-order chi connectivity index (χ1) is 11.0. The minimum atomic E-state index is -3.26. The summed E-state index contributed by atoms with van der Waals surface area (Å²) in [4.78, 5) is 4.15. The summed E-state index contributed by atoms with van der Waals surface area (Å²) in [5.41, 5.74) is -0.389. The highest BCUT2D eigenvalue weighted by molar-refractivity contribution is 7.89. The summed E-state index contributed by atoms with van der Waals surface area (Å²) in [6.07, 6.45) is 3.10. The smallest absolute Gasteiger partial charge is 0.215 e. The average Bonchev–Trinajstić information content (AvgIpc) is 2.94. The highest BCUT2D eigenvalue weighted by Gasteiger charge is 2.37. The van der Waals surface area contributed by atoms with Crippen LogP contribution in [-0.2, 0) is 10.0 Å². The van der Waals surface area contributed by atoms with Gasteiger partial charge in [-0.1, -0.05) is 6.07 Å². The maximum absolute atomic E-state index is 12.6. The number of rotatable bonds is 5. The van der Waals surface area contributed by atoms with Crippen LogP contribution >= 0.6 is 0 Å². The zero-order valence-corrected chi connectivity index (χ0v) is 14.2. The van der Waals surface area contributed by atoms with Gasteiger partial charge in [-0.15, -0.1) is 0 Å². The van der Waals surface area contributed by atoms with Gasteiger partial charge in [0.05, 0.1) is 5.75 Å². The molecule has 0 aliphatic carbocycles. The fraction of sp³-hybridized carbons (Fsp3) is 0.667. The molecule has 1 aromatic rings. The monoisotopic (exact) mass is 340 g/mol. The van der Waals surface area contributed by atoms with Crippen LogP contribution in [0.1, 0.15) is 19.8 Å². The lowest BCUT2D eigenvalue weighted by Gasteiger charge is -2.33. The molecule has 0 unspecified atom stereocenters. The van der Waals surface area contributed by atoms with E-state index in [9.17, 15) is 8.42 Å². The van der Waals surface area contributed by atoms with E-state index >= 15 is 0 Å². The van der Waals surface area contributed by atoms with Gasteiger partial charge < -0.3 is 10.1 Å². The number of sulfonamides is 1. The van der Waals surface area contributed by atoms with Gasteiger partial charge >= 0.3 is 0 Å². The van der Waals surface area contributed by atoms with Crippen LogP contribution in [0.15, 0.2) is 24.4 Å². The van der Waals surface area contributed by atoms with E-state index in [0.717, 1.165) is 0 Å². The maximum atomic E-state index is 12.6. The summed E-state index contributed by atoms with van der Waals surface area (Å²) in [6.45, 7) is 4.28. The van der Waals surface area contributed by atoms with E-state index in [1.54, 1.807) is 10.5 Å². The van der Waals surface area contributed by atoms with Crippen molar-refractivity contribution in [2.45, 2.75) is 31.4 Å². The maximum Gasteiger partial charge on any atom is 0.215 e. The molecule has 1 aromatic heterocycles. The van der Waals surface area contributed by atoms with E-state index in [-0.39, 0.29) is 17.4 Å². The average molecular weight is 340 g/mol. The number of nitrogens with zero attached hydrogens (tertiary/aromatic N) is 2. The molecule has 2 fully saturated rings. The lowest BCUT2D eigenvalue weighted by atomic mass is 10.1. The minimum Gasteiger partial charge on any atom is -0.474 e. The molecular formula is C15H24N4O3S. The molecule has 0 amide bonds. The molecule has 3 heterocycles. The molecule has 2 aliphatic rings. The van der Waals surface area contributed by atoms with Gasteiger partial charge in [0.2, 0.25) is 15.9 Å². The second kappa shape index (κ2) is 6.72. The van der Waals surface area contributed by atoms with Crippen molar-refractivity contribution in [2.24, 2.45) is 0 Å². The molecule has 7 nitrogen and oxygen atoms in total. The summed E-state index contributed by atoms with van der Waals surface area (Å²) in [5, 5.41) is 6.37. The zero-order chi connectivity index (χ0) is 16.3. The topological polar surface area (TPSA) is 83.6 Å². The number of ether oxygens (including phenoxy) is 1. The van der Waals surface area contributed by atoms with Gasteiger partial charge in [-0.2, -0.15) is 0 Å². The molecule has 128 valence electrons. The molecule has 1 atom stereocenters. The van der Waals surface area contributed by atoms with Gasteiger partial charge in [-0.25, -0.2) is 17.7 Å². The highest BCUT2D eigenvalue weighted by atomic mass is 32.2. The van der Waals surface area contributed by atoms with Gasteiger partial charge in [0.15, 0.2) is 0 Å². The summed E-state index contributed by atoms with van der Waals surface area (Å²) in [7, 11) is -3.26. The molecule has 3 rings (SSSR count). The molecule has 0 saturated carbocycles. The number of piperidine rings is 1. The fourth-order valence-electron chi connectivity index (χ4n) is 3.09. The second-order valence-electron chi connectivity index (χ2n) is 6.48. The normalized spacial score (nSPS) is 27.2. The van der Waals surface area contributed by atoms with Gasteiger partial charge in [0, 0.05) is 44.1 Å². The van der Waals surface area contributed by atoms with Gasteiger partial charge in [0.25, 0.3) is 0 Å². The van der Waals surface area contributed by atoms with Crippen molar-refractivity contribution < 1.29 is 13.2 Å². The van der Waals surface area contributed by atoms with Crippen molar-refractivity contribution in [1.29, 1.82) is 0 Å². The number of nitrogens with one attached hydrogen (secondary N) is 2. The Hall–Kier alpha value is -1.22. The van der Waals surface area contributed by atoms with Crippen molar-refractivity contribution in [3.05, 3.63) is 24.4 Å². The first-order valence-corrected chi connectivity index (χ1v) is 9.59. The van der Waals surface area contributed by atoms with Crippen molar-refractivity contribution in [3.8, 4) is 5.88 Å². The number of aromatic nitrogens is 1. The van der Waals surface area contributed by atoms with Crippen LogP contribution in [0.3, 0.4) is 0 Å². The third-order valence-corrected chi connectivity index (χ3v) is 6.53. The quantitative estimate of drug-likeness (QED) is 0.795. The van der Waals surface area contributed by atoms with Crippen molar-refractivity contribution >= 4 is 10.0 Å². The Bertz CT molecular complexity index is 609. The Morgan fingerprint density at radius 2 is 2.17 bits per heavy atom. The van der Waals surface area contributed by atoms with Crippen LogP contribution in [0, 0.1) is 0 Å². The van der Waals surface area contributed by atoms with E-state index in [4.69, 9.17) is 4.74 Å². The molecule has 8 heteroatoms. The number of hydrogen-bond donors (Lipinski definition) is 2. The van der Waals surface area contributed by atoms with Crippen LogP contribution in [0.5, 0.6) is 5.88 Å². The number of hydrogen-bond acceptors (Lipinski definition) is 6.